The molecule has 0 unspecified atom stereocenters. The Labute approximate surface area is 174 Å². The normalized spacial score (nSPS) is 23.9. The van der Waals surface area contributed by atoms with Gasteiger partial charge in [0.15, 0.2) is 11.5 Å². The molecule has 1 aromatic carbocycles. The first-order valence-corrected chi connectivity index (χ1v) is 9.31. The van der Waals surface area contributed by atoms with Crippen LogP contribution in [-0.2, 0) is 23.2 Å². The summed E-state index contributed by atoms with van der Waals surface area (Å²) in [7, 11) is 0. The van der Waals surface area contributed by atoms with Crippen LogP contribution in [0.1, 0.15) is 35.5 Å². The second-order valence-electron chi connectivity index (χ2n) is 7.36. The second kappa shape index (κ2) is 7.90. The summed E-state index contributed by atoms with van der Waals surface area (Å²) < 4.78 is 60.6. The van der Waals surface area contributed by atoms with Crippen molar-refractivity contribution in [3.8, 4) is 0 Å². The van der Waals surface area contributed by atoms with Crippen molar-refractivity contribution in [2.75, 3.05) is 6.61 Å². The third-order valence-corrected chi connectivity index (χ3v) is 5.34. The number of Topliss-reactive ketones (excluding diaryl/α,β-unsaturated/α-hetero) is 1. The van der Waals surface area contributed by atoms with E-state index in [4.69, 9.17) is 22.1 Å². The maximum Gasteiger partial charge on any atom is 0.283 e. The number of carbonyl (C=O) groups is 1. The Morgan fingerprint density at radius 3 is 2.77 bits per heavy atom. The molecule has 0 spiro atoms. The summed E-state index contributed by atoms with van der Waals surface area (Å²) in [5.74, 6) is -1.29. The number of hydrogen-bond acceptors (Lipinski definition) is 5. The van der Waals surface area contributed by atoms with Gasteiger partial charge < -0.3 is 10.5 Å². The van der Waals surface area contributed by atoms with Crippen molar-refractivity contribution >= 4 is 23.4 Å². The van der Waals surface area contributed by atoms with Gasteiger partial charge >= 0.3 is 0 Å². The molecule has 11 heteroatoms. The Morgan fingerprint density at radius 1 is 1.40 bits per heavy atom. The van der Waals surface area contributed by atoms with Crippen LogP contribution >= 0.6 is 11.6 Å². The molecule has 6 nitrogen and oxygen atoms in total. The number of nitrogens with two attached hydrogens (primary N) is 1. The van der Waals surface area contributed by atoms with E-state index in [1.165, 1.54) is 26.0 Å². The van der Waals surface area contributed by atoms with E-state index in [2.05, 4.69) is 10.1 Å². The molecule has 0 saturated heterocycles. The van der Waals surface area contributed by atoms with E-state index < -0.39 is 42.4 Å². The highest BCUT2D eigenvalue weighted by atomic mass is 35.5. The second-order valence-corrected chi connectivity index (χ2v) is 7.77. The van der Waals surface area contributed by atoms with E-state index in [0.717, 1.165) is 16.9 Å². The van der Waals surface area contributed by atoms with Crippen LogP contribution in [0.5, 0.6) is 0 Å². The van der Waals surface area contributed by atoms with Crippen LogP contribution in [0.15, 0.2) is 29.4 Å². The molecule has 30 heavy (non-hydrogen) atoms. The van der Waals surface area contributed by atoms with Gasteiger partial charge in [-0.2, -0.15) is 5.10 Å². The van der Waals surface area contributed by atoms with Crippen molar-refractivity contribution in [3.05, 3.63) is 52.1 Å². The molecule has 0 saturated carbocycles. The average molecular weight is 447 g/mol. The van der Waals surface area contributed by atoms with Crippen molar-refractivity contribution in [1.82, 2.24) is 9.78 Å². The predicted molar refractivity (Wildman–Crippen MR) is 102 cm³/mol. The molecule has 3 rings (SSSR count). The van der Waals surface area contributed by atoms with Crippen molar-refractivity contribution < 1.29 is 27.1 Å². The summed E-state index contributed by atoms with van der Waals surface area (Å²) in [5.41, 5.74) is 1.87. The lowest BCUT2D eigenvalue weighted by molar-refractivity contribution is 0.00398. The Hall–Kier alpha value is -2.62. The van der Waals surface area contributed by atoms with Crippen molar-refractivity contribution in [3.63, 3.8) is 0 Å². The van der Waals surface area contributed by atoms with Crippen molar-refractivity contribution in [2.24, 2.45) is 10.7 Å². The number of aromatic nitrogens is 2. The first-order valence-electron chi connectivity index (χ1n) is 8.93. The molecule has 2 heterocycles. The number of rotatable bonds is 6. The molecule has 0 bridgehead atoms. The first-order chi connectivity index (χ1) is 13.9. The number of amidine groups is 1. The summed E-state index contributed by atoms with van der Waals surface area (Å²) in [6, 6.07) is 3.49. The maximum atomic E-state index is 15.2. The van der Waals surface area contributed by atoms with Gasteiger partial charge in [0.05, 0.1) is 5.02 Å². The van der Waals surface area contributed by atoms with Gasteiger partial charge in [0.1, 0.15) is 30.2 Å². The molecule has 1 aliphatic rings. The number of ketones is 1. The average Bonchev–Trinajstić information content (AvgIpc) is 3.00. The third-order valence-electron chi connectivity index (χ3n) is 5.07. The monoisotopic (exact) mass is 446 g/mol. The topological polar surface area (TPSA) is 82.5 Å². The van der Waals surface area contributed by atoms with Crippen LogP contribution in [-0.4, -0.2) is 40.3 Å². The minimum Gasteiger partial charge on any atom is -0.462 e. The van der Waals surface area contributed by atoms with Crippen LogP contribution < -0.4 is 5.73 Å². The SMILES string of the molecule is C[C@]1(F)COC(N)=N[C@]1(C)c1cc(CC(=O)c2nn(CC(F)F)cc2Cl)ccc1F. The number of benzene rings is 1. The molecule has 162 valence electrons. The molecule has 1 aromatic heterocycles. The Kier molecular flexibility index (Phi) is 5.81. The number of alkyl halides is 3. The minimum absolute atomic E-state index is 0.0758. The van der Waals surface area contributed by atoms with E-state index in [1.54, 1.807) is 0 Å². The highest BCUT2D eigenvalue weighted by Gasteiger charge is 2.52. The lowest BCUT2D eigenvalue weighted by Crippen LogP contribution is -2.52. The first kappa shape index (κ1) is 22.1. The number of ether oxygens (including phenoxy) is 1. The van der Waals surface area contributed by atoms with Crippen LogP contribution in [0.25, 0.3) is 0 Å². The van der Waals surface area contributed by atoms with E-state index in [1.807, 2.05) is 0 Å². The molecule has 1 aliphatic heterocycles. The molecule has 0 radical (unpaired) electrons. The minimum atomic E-state index is -2.66. The Balaban J connectivity index is 1.92. The summed E-state index contributed by atoms with van der Waals surface area (Å²) in [6.45, 7) is 1.48. The number of hydrogen-bond donors (Lipinski definition) is 1. The molecule has 2 aromatic rings. The summed E-state index contributed by atoms with van der Waals surface area (Å²) in [6.07, 6.45) is -1.79. The fraction of sp³-hybridized carbons (Fsp3) is 0.421. The van der Waals surface area contributed by atoms with Crippen LogP contribution in [0.4, 0.5) is 17.6 Å². The molecule has 0 aliphatic carbocycles. The van der Waals surface area contributed by atoms with Gasteiger partial charge in [-0.1, -0.05) is 17.7 Å². The smallest absolute Gasteiger partial charge is 0.283 e. The zero-order chi connectivity index (χ0) is 22.3. The summed E-state index contributed by atoms with van der Waals surface area (Å²) >= 11 is 5.94. The lowest BCUT2D eigenvalue weighted by atomic mass is 9.77. The van der Waals surface area contributed by atoms with Crippen molar-refractivity contribution in [1.29, 1.82) is 0 Å². The fourth-order valence-corrected chi connectivity index (χ4v) is 3.46. The van der Waals surface area contributed by atoms with Gasteiger partial charge in [0.2, 0.25) is 0 Å². The Morgan fingerprint density at radius 2 is 2.10 bits per heavy atom. The molecule has 0 fully saturated rings. The zero-order valence-corrected chi connectivity index (χ0v) is 16.9. The van der Waals surface area contributed by atoms with Gasteiger partial charge in [-0.25, -0.2) is 22.6 Å². The highest BCUT2D eigenvalue weighted by Crippen LogP contribution is 2.43. The van der Waals surface area contributed by atoms with Crippen LogP contribution in [0, 0.1) is 5.82 Å². The van der Waals surface area contributed by atoms with Gasteiger partial charge in [-0.15, -0.1) is 0 Å². The van der Waals surface area contributed by atoms with E-state index in [9.17, 15) is 18.0 Å². The summed E-state index contributed by atoms with van der Waals surface area (Å²) in [4.78, 5) is 16.6. The van der Waals surface area contributed by atoms with Crippen molar-refractivity contribution in [2.45, 2.75) is 44.4 Å². The highest BCUT2D eigenvalue weighted by molar-refractivity contribution is 6.33. The standard InChI is InChI=1S/C19H19ClF4N4O2/c1-18(24)9-30-17(25)26-19(18,2)11-5-10(3-4-13(11)21)6-14(29)16-12(20)7-28(27-16)8-15(22)23/h3-5,7,15H,6,8-9H2,1-2H3,(H2,25,26)/t18-,19+/m0/s1. The Bertz CT molecular complexity index is 1010. The largest absolute Gasteiger partial charge is 0.462 e. The quantitative estimate of drug-likeness (QED) is 0.542. The molecular formula is C19H19ClF4N4O2. The van der Waals surface area contributed by atoms with Gasteiger partial charge in [-0.05, 0) is 31.5 Å². The molecule has 2 N–H and O–H groups in total. The number of halogens is 5. The summed E-state index contributed by atoms with van der Waals surface area (Å²) in [5, 5.41) is 3.71. The molecule has 0 amide bonds. The zero-order valence-electron chi connectivity index (χ0n) is 16.1. The predicted octanol–water partition coefficient (Wildman–Crippen LogP) is 3.65. The van der Waals surface area contributed by atoms with Gasteiger partial charge in [-0.3, -0.25) is 9.48 Å². The van der Waals surface area contributed by atoms with E-state index in [-0.39, 0.29) is 28.7 Å². The third kappa shape index (κ3) is 4.14. The van der Waals surface area contributed by atoms with E-state index in [0.29, 0.717) is 5.56 Å². The molecule has 2 atom stereocenters. The fourth-order valence-electron chi connectivity index (χ4n) is 3.21. The molecular weight excluding hydrogens is 428 g/mol. The lowest BCUT2D eigenvalue weighted by Gasteiger charge is -2.40. The maximum absolute atomic E-state index is 15.2. The van der Waals surface area contributed by atoms with Gasteiger partial charge in [0.25, 0.3) is 12.4 Å². The number of carbonyl (C=O) groups excluding carboxylic acids is 1. The van der Waals surface area contributed by atoms with E-state index >= 15 is 4.39 Å². The number of aliphatic imine (C=N–C) groups is 1. The number of nitrogens with zero attached hydrogens (tertiary/aromatic N) is 3. The van der Waals surface area contributed by atoms with Gasteiger partial charge in [0, 0.05) is 18.2 Å². The van der Waals surface area contributed by atoms with Crippen LogP contribution in [0.2, 0.25) is 5.02 Å². The van der Waals surface area contributed by atoms with Crippen LogP contribution in [0.3, 0.4) is 0 Å².